The summed E-state index contributed by atoms with van der Waals surface area (Å²) in [6.45, 7) is -2.52. The summed E-state index contributed by atoms with van der Waals surface area (Å²) in [7, 11) is 0. The van der Waals surface area contributed by atoms with Crippen LogP contribution in [0, 0.1) is 0 Å². The monoisotopic (exact) mass is 908 g/mol. The van der Waals surface area contributed by atoms with Crippen LogP contribution < -0.4 is 65.9 Å². The zero-order valence-electron chi connectivity index (χ0n) is 34.5. The van der Waals surface area contributed by atoms with E-state index in [2.05, 4.69) is 36.6 Å². The molecule has 0 saturated heterocycles. The van der Waals surface area contributed by atoms with Crippen molar-refractivity contribution in [2.75, 3.05) is 32.8 Å². The Balaban J connectivity index is 3.25. The number of aliphatic imine (C=N–C) groups is 2. The Labute approximate surface area is 365 Å². The number of aliphatic carboxylic acids is 3. The summed E-state index contributed by atoms with van der Waals surface area (Å²) in [5.74, 6) is -12.5. The van der Waals surface area contributed by atoms with Crippen molar-refractivity contribution in [2.45, 2.75) is 81.2 Å². The highest BCUT2D eigenvalue weighted by atomic mass is 16.4. The Hall–Kier alpha value is -7.62. The van der Waals surface area contributed by atoms with Gasteiger partial charge in [0.25, 0.3) is 0 Å². The number of nitrogens with one attached hydrogen (secondary N) is 7. The second-order valence-corrected chi connectivity index (χ2v) is 13.8. The van der Waals surface area contributed by atoms with Gasteiger partial charge in [-0.1, -0.05) is 30.3 Å². The van der Waals surface area contributed by atoms with Crippen molar-refractivity contribution < 1.29 is 68.4 Å². The molecule has 0 spiro atoms. The molecule has 0 bridgehead atoms. The van der Waals surface area contributed by atoms with Gasteiger partial charge in [0.2, 0.25) is 41.4 Å². The zero-order valence-corrected chi connectivity index (χ0v) is 34.5. The normalized spacial score (nSPS) is 13.3. The number of benzene rings is 1. The Bertz CT molecular complexity index is 1860. The smallest absolute Gasteiger partial charge is 0.328 e. The molecule has 28 heteroatoms. The molecule has 1 aromatic carbocycles. The number of carboxylic acid groups (broad SMARTS) is 3. The lowest BCUT2D eigenvalue weighted by Gasteiger charge is -2.25. The van der Waals surface area contributed by atoms with Gasteiger partial charge in [-0.3, -0.25) is 53.1 Å². The maximum absolute atomic E-state index is 13.9. The van der Waals surface area contributed by atoms with Gasteiger partial charge in [-0.15, -0.1) is 0 Å². The fraction of sp³-hybridized carbons (Fsp3) is 0.500. The molecular weight excluding hydrogens is 852 g/mol. The van der Waals surface area contributed by atoms with E-state index < -0.39 is 128 Å². The number of carboxylic acids is 3. The van der Waals surface area contributed by atoms with Crippen LogP contribution in [0.1, 0.15) is 44.1 Å². The molecule has 21 N–H and O–H groups in total. The topological polar surface area (TPSA) is 491 Å². The number of hydrogen-bond donors (Lipinski definition) is 16. The molecule has 64 heavy (non-hydrogen) atoms. The molecule has 354 valence electrons. The van der Waals surface area contributed by atoms with Crippen LogP contribution in [0.2, 0.25) is 0 Å². The average molecular weight is 909 g/mol. The minimum atomic E-state index is -1.85. The number of carbonyl (C=O) groups is 10. The molecule has 1 aromatic rings. The minimum absolute atomic E-state index is 0.0355. The number of rotatable bonds is 30. The van der Waals surface area contributed by atoms with Gasteiger partial charge < -0.3 is 86.3 Å². The third-order valence-electron chi connectivity index (χ3n) is 8.50. The van der Waals surface area contributed by atoms with Gasteiger partial charge in [0.1, 0.15) is 30.2 Å². The maximum atomic E-state index is 13.9. The van der Waals surface area contributed by atoms with Gasteiger partial charge in [0, 0.05) is 19.5 Å². The van der Waals surface area contributed by atoms with Crippen LogP contribution in [0.15, 0.2) is 40.3 Å². The summed E-state index contributed by atoms with van der Waals surface area (Å²) in [4.78, 5) is 133. The quantitative estimate of drug-likeness (QED) is 0.0194. The predicted octanol–water partition coefficient (Wildman–Crippen LogP) is -7.65. The molecule has 0 heterocycles. The van der Waals surface area contributed by atoms with E-state index in [9.17, 15) is 63.3 Å². The average Bonchev–Trinajstić information content (AvgIpc) is 3.22. The van der Waals surface area contributed by atoms with Crippen molar-refractivity contribution >= 4 is 71.2 Å². The molecule has 0 radical (unpaired) electrons. The molecule has 28 nitrogen and oxygen atoms in total. The molecule has 0 aliphatic heterocycles. The van der Waals surface area contributed by atoms with Crippen LogP contribution in [-0.2, 0) is 54.4 Å². The number of nitrogens with zero attached hydrogens (tertiary/aromatic N) is 2. The van der Waals surface area contributed by atoms with Gasteiger partial charge in [-0.05, 0) is 31.2 Å². The molecule has 0 aliphatic rings. The van der Waals surface area contributed by atoms with Crippen LogP contribution in [-0.4, -0.2) is 161 Å². The lowest BCUT2D eigenvalue weighted by Crippen LogP contribution is -2.58. The number of carbonyl (C=O) groups excluding carboxylic acids is 7. The van der Waals surface area contributed by atoms with Gasteiger partial charge in [-0.25, -0.2) is 4.79 Å². The maximum Gasteiger partial charge on any atom is 0.328 e. The van der Waals surface area contributed by atoms with Crippen molar-refractivity contribution in [3.8, 4) is 0 Å². The first-order valence-corrected chi connectivity index (χ1v) is 19.4. The Morgan fingerprint density at radius 1 is 0.547 bits per heavy atom. The highest BCUT2D eigenvalue weighted by Crippen LogP contribution is 2.08. The molecule has 7 amide bonds. The largest absolute Gasteiger partial charge is 0.481 e. The van der Waals surface area contributed by atoms with Crippen LogP contribution >= 0.6 is 0 Å². The highest BCUT2D eigenvalue weighted by Gasteiger charge is 2.32. The summed E-state index contributed by atoms with van der Waals surface area (Å²) < 4.78 is 0. The third kappa shape index (κ3) is 22.8. The lowest BCUT2D eigenvalue weighted by atomic mass is 10.0. The Kier molecular flexibility index (Phi) is 24.5. The summed E-state index contributed by atoms with van der Waals surface area (Å²) in [5.41, 5.74) is 27.6. The predicted molar refractivity (Wildman–Crippen MR) is 223 cm³/mol. The molecule has 0 saturated carbocycles. The van der Waals surface area contributed by atoms with E-state index in [4.69, 9.17) is 33.8 Å². The molecule has 0 aliphatic carbocycles. The van der Waals surface area contributed by atoms with Crippen LogP contribution in [0.5, 0.6) is 0 Å². The Morgan fingerprint density at radius 3 is 1.44 bits per heavy atom. The van der Waals surface area contributed by atoms with Crippen LogP contribution in [0.3, 0.4) is 0 Å². The standard InChI is InChI=1S/C36H56N14O14/c37-19(8-4-10-42-35(38)39)29(58)44-15-25(52)46-22(13-27(54)55)32(61)49-21(12-18-6-2-1-3-7-18)31(60)48-20(9-5-11-43-36(40)41)30(59)45-16-26(53)47-23(14-28(56)57)33(62)50-24(17-51)34(63)64/h1-3,6-7,19-24,51H,4-5,8-17,37H2,(H,44,58)(H,45,59)(H,46,52)(H,47,53)(H,48,60)(H,49,61)(H,50,62)(H,54,55)(H,56,57)(H,63,64)(H4,38,39,42)(H4,40,41,43)/t19-,20-,21-,22-,23-,24-/m0/s1. The molecule has 0 unspecified atom stereocenters. The number of amides is 7. The zero-order chi connectivity index (χ0) is 48.4. The van der Waals surface area contributed by atoms with E-state index in [1.165, 1.54) is 0 Å². The minimum Gasteiger partial charge on any atom is -0.481 e. The Morgan fingerprint density at radius 2 is 0.984 bits per heavy atom. The summed E-state index contributed by atoms with van der Waals surface area (Å²) in [5, 5.41) is 52.5. The second kappa shape index (κ2) is 28.8. The van der Waals surface area contributed by atoms with Crippen molar-refractivity contribution in [3.63, 3.8) is 0 Å². The SMILES string of the molecule is NC(N)=NCCC[C@H](NC(=O)[C@H](Cc1ccccc1)NC(=O)[C@H](CC(=O)O)NC(=O)CNC(=O)[C@@H](N)CCCN=C(N)N)C(=O)NCC(=O)N[C@@H](CC(=O)O)C(=O)N[C@@H](CO)C(=O)O. The first-order chi connectivity index (χ1) is 30.1. The van der Waals surface area contributed by atoms with Gasteiger partial charge in [-0.2, -0.15) is 0 Å². The third-order valence-corrected chi connectivity index (χ3v) is 8.50. The van der Waals surface area contributed by atoms with Crippen LogP contribution in [0.4, 0.5) is 0 Å². The summed E-state index contributed by atoms with van der Waals surface area (Å²) in [6.07, 6.45) is -1.87. The fourth-order valence-corrected chi connectivity index (χ4v) is 5.33. The van der Waals surface area contributed by atoms with Gasteiger partial charge >= 0.3 is 17.9 Å². The molecule has 1 rings (SSSR count). The highest BCUT2D eigenvalue weighted by molar-refractivity contribution is 5.98. The van der Waals surface area contributed by atoms with Gasteiger partial charge in [0.05, 0.1) is 38.6 Å². The van der Waals surface area contributed by atoms with E-state index in [1.54, 1.807) is 30.3 Å². The van der Waals surface area contributed by atoms with E-state index in [0.29, 0.717) is 12.0 Å². The molecule has 0 fully saturated rings. The second-order valence-electron chi connectivity index (χ2n) is 13.8. The van der Waals surface area contributed by atoms with Crippen LogP contribution in [0.25, 0.3) is 0 Å². The molecule has 0 aromatic heterocycles. The first kappa shape index (κ1) is 54.4. The number of aliphatic hydroxyl groups is 1. The lowest BCUT2D eigenvalue weighted by molar-refractivity contribution is -0.144. The molecular formula is C36H56N14O14. The van der Waals surface area contributed by atoms with Crippen molar-refractivity contribution in [1.29, 1.82) is 0 Å². The van der Waals surface area contributed by atoms with E-state index >= 15 is 0 Å². The van der Waals surface area contributed by atoms with E-state index in [1.807, 2.05) is 10.6 Å². The van der Waals surface area contributed by atoms with E-state index in [0.717, 1.165) is 0 Å². The number of nitrogens with two attached hydrogens (primary N) is 5. The van der Waals surface area contributed by atoms with Crippen molar-refractivity contribution in [1.82, 2.24) is 37.2 Å². The molecule has 6 atom stereocenters. The van der Waals surface area contributed by atoms with E-state index in [-0.39, 0.29) is 50.7 Å². The number of guanidine groups is 2. The number of hydrogen-bond acceptors (Lipinski definition) is 14. The number of aliphatic hydroxyl groups excluding tert-OH is 1. The summed E-state index contributed by atoms with van der Waals surface area (Å²) in [6, 6.07) is -1.45. The van der Waals surface area contributed by atoms with Gasteiger partial charge in [0.15, 0.2) is 11.9 Å². The first-order valence-electron chi connectivity index (χ1n) is 19.4. The fourth-order valence-electron chi connectivity index (χ4n) is 5.33. The van der Waals surface area contributed by atoms with Crippen molar-refractivity contribution in [3.05, 3.63) is 35.9 Å². The summed E-state index contributed by atoms with van der Waals surface area (Å²) >= 11 is 0. The van der Waals surface area contributed by atoms with Crippen molar-refractivity contribution in [2.24, 2.45) is 38.7 Å².